The van der Waals surface area contributed by atoms with Crippen molar-refractivity contribution in [3.63, 3.8) is 0 Å². The van der Waals surface area contributed by atoms with Crippen LogP contribution >= 0.6 is 0 Å². The summed E-state index contributed by atoms with van der Waals surface area (Å²) in [5.41, 5.74) is 1.18. The molecule has 3 aromatic carbocycles. The Morgan fingerprint density at radius 1 is 1.09 bits per heavy atom. The SMILES string of the molecule is COc1ccccc1N(C)S(=O)(=O)c1ccc(C(=O)Nc2ccc(-n3ccnc3C)c(F)c2)cc1. The molecule has 0 spiro atoms. The number of carbonyl (C=O) groups is 1. The number of benzene rings is 3. The number of ether oxygens (including phenoxy) is 1. The summed E-state index contributed by atoms with van der Waals surface area (Å²) in [6.45, 7) is 1.76. The van der Waals surface area contributed by atoms with Crippen LogP contribution in [0.1, 0.15) is 16.2 Å². The molecule has 0 bridgehead atoms. The summed E-state index contributed by atoms with van der Waals surface area (Å²) in [4.78, 5) is 16.8. The van der Waals surface area contributed by atoms with Gasteiger partial charge in [0.2, 0.25) is 0 Å². The monoisotopic (exact) mass is 494 g/mol. The Balaban J connectivity index is 1.51. The van der Waals surface area contributed by atoms with Gasteiger partial charge in [0.05, 0.1) is 23.4 Å². The molecule has 0 aliphatic rings. The Labute approximate surface area is 202 Å². The van der Waals surface area contributed by atoms with Gasteiger partial charge in [0.15, 0.2) is 0 Å². The number of para-hydroxylation sites is 2. The van der Waals surface area contributed by atoms with Gasteiger partial charge in [-0.1, -0.05) is 12.1 Å². The van der Waals surface area contributed by atoms with Crippen molar-refractivity contribution in [3.05, 3.63) is 96.3 Å². The first kappa shape index (κ1) is 24.0. The van der Waals surface area contributed by atoms with Gasteiger partial charge < -0.3 is 14.6 Å². The largest absolute Gasteiger partial charge is 0.495 e. The van der Waals surface area contributed by atoms with E-state index in [0.717, 1.165) is 4.31 Å². The minimum atomic E-state index is -3.90. The molecular weight excluding hydrogens is 471 g/mol. The number of rotatable bonds is 7. The molecule has 1 aromatic heterocycles. The Morgan fingerprint density at radius 3 is 2.43 bits per heavy atom. The van der Waals surface area contributed by atoms with Crippen LogP contribution < -0.4 is 14.4 Å². The topological polar surface area (TPSA) is 93.5 Å². The Kier molecular flexibility index (Phi) is 6.57. The summed E-state index contributed by atoms with van der Waals surface area (Å²) in [5, 5.41) is 2.63. The number of carbonyl (C=O) groups excluding carboxylic acids is 1. The van der Waals surface area contributed by atoms with Gasteiger partial charge in [-0.05, 0) is 61.5 Å². The smallest absolute Gasteiger partial charge is 0.264 e. The van der Waals surface area contributed by atoms with Crippen LogP contribution in [0, 0.1) is 12.7 Å². The second-order valence-electron chi connectivity index (χ2n) is 7.63. The summed E-state index contributed by atoms with van der Waals surface area (Å²) >= 11 is 0. The highest BCUT2D eigenvalue weighted by Crippen LogP contribution is 2.31. The number of nitrogens with zero attached hydrogens (tertiary/aromatic N) is 3. The third-order valence-electron chi connectivity index (χ3n) is 5.49. The van der Waals surface area contributed by atoms with Crippen LogP contribution in [0.5, 0.6) is 5.75 Å². The number of halogens is 1. The van der Waals surface area contributed by atoms with E-state index in [2.05, 4.69) is 10.3 Å². The molecule has 0 aliphatic carbocycles. The number of amides is 1. The van der Waals surface area contributed by atoms with Crippen LogP contribution in [0.4, 0.5) is 15.8 Å². The maximum atomic E-state index is 14.6. The minimum Gasteiger partial charge on any atom is -0.495 e. The first-order valence-electron chi connectivity index (χ1n) is 10.6. The van der Waals surface area contributed by atoms with Gasteiger partial charge in [-0.3, -0.25) is 9.10 Å². The molecule has 35 heavy (non-hydrogen) atoms. The van der Waals surface area contributed by atoms with E-state index in [-0.39, 0.29) is 16.1 Å². The number of hydrogen-bond acceptors (Lipinski definition) is 5. The molecule has 4 rings (SSSR count). The van der Waals surface area contributed by atoms with Crippen molar-refractivity contribution in [1.29, 1.82) is 0 Å². The Hall–Kier alpha value is -4.18. The van der Waals surface area contributed by atoms with Gasteiger partial charge in [0.1, 0.15) is 17.4 Å². The lowest BCUT2D eigenvalue weighted by molar-refractivity contribution is 0.102. The number of aryl methyl sites for hydroxylation is 1. The summed E-state index contributed by atoms with van der Waals surface area (Å²) in [6, 6.07) is 16.6. The molecule has 8 nitrogen and oxygen atoms in total. The van der Waals surface area contributed by atoms with Crippen LogP contribution in [-0.4, -0.2) is 38.0 Å². The van der Waals surface area contributed by atoms with Crippen LogP contribution in [0.15, 0.2) is 84.0 Å². The molecule has 0 unspecified atom stereocenters. The van der Waals surface area contributed by atoms with E-state index in [1.807, 2.05) is 0 Å². The standard InChI is InChI=1S/C25H23FN4O4S/c1-17-27-14-15-30(17)22-13-10-19(16-21(22)26)28-25(31)18-8-11-20(12-9-18)35(32,33)29(2)23-6-4-5-7-24(23)34-3/h4-16H,1-3H3,(H,28,31). The highest BCUT2D eigenvalue weighted by molar-refractivity contribution is 7.92. The van der Waals surface area contributed by atoms with Gasteiger partial charge in [0.25, 0.3) is 15.9 Å². The van der Waals surface area contributed by atoms with E-state index in [1.165, 1.54) is 44.5 Å². The number of imidazole rings is 1. The highest BCUT2D eigenvalue weighted by atomic mass is 32.2. The number of anilines is 2. The second-order valence-corrected chi connectivity index (χ2v) is 9.60. The quantitative estimate of drug-likeness (QED) is 0.411. The van der Waals surface area contributed by atoms with Crippen molar-refractivity contribution in [1.82, 2.24) is 9.55 Å². The predicted molar refractivity (Wildman–Crippen MR) is 131 cm³/mol. The molecule has 0 fully saturated rings. The van der Waals surface area contributed by atoms with E-state index < -0.39 is 21.7 Å². The van der Waals surface area contributed by atoms with E-state index >= 15 is 0 Å². The molecular formula is C25H23FN4O4S. The molecule has 0 saturated heterocycles. The van der Waals surface area contributed by atoms with Crippen molar-refractivity contribution < 1.29 is 22.3 Å². The first-order valence-corrected chi connectivity index (χ1v) is 12.0. The Bertz CT molecular complexity index is 1480. The lowest BCUT2D eigenvalue weighted by atomic mass is 10.2. The van der Waals surface area contributed by atoms with Crippen molar-refractivity contribution in [2.45, 2.75) is 11.8 Å². The number of aromatic nitrogens is 2. The third-order valence-corrected chi connectivity index (χ3v) is 7.28. The zero-order chi connectivity index (χ0) is 25.2. The molecule has 180 valence electrons. The lowest BCUT2D eigenvalue weighted by Gasteiger charge is -2.21. The number of sulfonamides is 1. The van der Waals surface area contributed by atoms with Crippen molar-refractivity contribution >= 4 is 27.3 Å². The van der Waals surface area contributed by atoms with Crippen LogP contribution in [-0.2, 0) is 10.0 Å². The average molecular weight is 495 g/mol. The molecule has 10 heteroatoms. The highest BCUT2D eigenvalue weighted by Gasteiger charge is 2.24. The molecule has 1 amide bonds. The molecule has 0 aliphatic heterocycles. The van der Waals surface area contributed by atoms with Crippen LogP contribution in [0.2, 0.25) is 0 Å². The van der Waals surface area contributed by atoms with Crippen molar-refractivity contribution in [3.8, 4) is 11.4 Å². The maximum absolute atomic E-state index is 14.6. The number of nitrogens with one attached hydrogen (secondary N) is 1. The lowest BCUT2D eigenvalue weighted by Crippen LogP contribution is -2.27. The molecule has 0 radical (unpaired) electrons. The number of hydrogen-bond donors (Lipinski definition) is 1. The molecule has 1 N–H and O–H groups in total. The molecule has 0 saturated carbocycles. The van der Waals surface area contributed by atoms with Crippen molar-refractivity contribution in [2.24, 2.45) is 0 Å². The van der Waals surface area contributed by atoms with Gasteiger partial charge in [-0.25, -0.2) is 17.8 Å². The van der Waals surface area contributed by atoms with E-state index in [0.29, 0.717) is 22.9 Å². The fourth-order valence-electron chi connectivity index (χ4n) is 3.57. The number of methoxy groups -OCH3 is 1. The average Bonchev–Trinajstić information content (AvgIpc) is 3.29. The van der Waals surface area contributed by atoms with E-state index in [1.54, 1.807) is 60.3 Å². The Morgan fingerprint density at radius 2 is 1.80 bits per heavy atom. The van der Waals surface area contributed by atoms with Gasteiger partial charge in [-0.15, -0.1) is 0 Å². The summed E-state index contributed by atoms with van der Waals surface area (Å²) < 4.78 is 48.8. The first-order chi connectivity index (χ1) is 16.7. The maximum Gasteiger partial charge on any atom is 0.264 e. The fraction of sp³-hybridized carbons (Fsp3) is 0.120. The second kappa shape index (κ2) is 9.59. The summed E-state index contributed by atoms with van der Waals surface area (Å²) in [5.74, 6) is 0.0193. The van der Waals surface area contributed by atoms with E-state index in [9.17, 15) is 17.6 Å². The van der Waals surface area contributed by atoms with Gasteiger partial charge in [-0.2, -0.15) is 0 Å². The molecule has 1 heterocycles. The predicted octanol–water partition coefficient (Wildman–Crippen LogP) is 4.41. The minimum absolute atomic E-state index is 0.00792. The van der Waals surface area contributed by atoms with E-state index in [4.69, 9.17) is 4.74 Å². The zero-order valence-electron chi connectivity index (χ0n) is 19.3. The van der Waals surface area contributed by atoms with Gasteiger partial charge in [0, 0.05) is 30.7 Å². The molecule has 4 aromatic rings. The van der Waals surface area contributed by atoms with Crippen LogP contribution in [0.3, 0.4) is 0 Å². The van der Waals surface area contributed by atoms with Gasteiger partial charge >= 0.3 is 0 Å². The van der Waals surface area contributed by atoms with Crippen molar-refractivity contribution in [2.75, 3.05) is 23.8 Å². The normalized spacial score (nSPS) is 11.2. The third kappa shape index (κ3) is 4.73. The summed E-state index contributed by atoms with van der Waals surface area (Å²) in [6.07, 6.45) is 3.22. The molecule has 0 atom stereocenters. The fourth-order valence-corrected chi connectivity index (χ4v) is 4.78. The zero-order valence-corrected chi connectivity index (χ0v) is 20.1. The van der Waals surface area contributed by atoms with Crippen LogP contribution in [0.25, 0.3) is 5.69 Å². The summed E-state index contributed by atoms with van der Waals surface area (Å²) in [7, 11) is -1.01.